The second-order valence-electron chi connectivity index (χ2n) is 4.59. The minimum absolute atomic E-state index is 0.00268. The van der Waals surface area contributed by atoms with Gasteiger partial charge in [0.2, 0.25) is 6.79 Å². The molecule has 102 valence electrons. The van der Waals surface area contributed by atoms with Gasteiger partial charge < -0.3 is 14.2 Å². The van der Waals surface area contributed by atoms with Crippen molar-refractivity contribution in [3.8, 4) is 17.2 Å². The van der Waals surface area contributed by atoms with Crippen molar-refractivity contribution in [1.82, 2.24) is 0 Å². The molecule has 0 bridgehead atoms. The van der Waals surface area contributed by atoms with Crippen LogP contribution >= 0.6 is 0 Å². The molecule has 0 saturated heterocycles. The molecule has 0 atom stereocenters. The van der Waals surface area contributed by atoms with Gasteiger partial charge in [0.15, 0.2) is 23.9 Å². The van der Waals surface area contributed by atoms with Gasteiger partial charge in [0.25, 0.3) is 0 Å². The number of ketones is 1. The molecular weight excluding hydrogens is 256 g/mol. The summed E-state index contributed by atoms with van der Waals surface area (Å²) in [4.78, 5) is 12.1. The lowest BCUT2D eigenvalue weighted by Gasteiger charge is -2.06. The van der Waals surface area contributed by atoms with E-state index in [1.54, 1.807) is 18.2 Å². The summed E-state index contributed by atoms with van der Waals surface area (Å²) in [6.07, 6.45) is 0. The third-order valence-corrected chi connectivity index (χ3v) is 3.09. The second kappa shape index (κ2) is 5.25. The third kappa shape index (κ3) is 2.59. The summed E-state index contributed by atoms with van der Waals surface area (Å²) in [5, 5.41) is 0. The van der Waals surface area contributed by atoms with Crippen LogP contribution < -0.4 is 14.2 Å². The number of rotatable bonds is 4. The maximum absolute atomic E-state index is 12.1. The molecule has 1 heterocycles. The van der Waals surface area contributed by atoms with E-state index in [0.717, 1.165) is 5.56 Å². The number of aryl methyl sites for hydroxylation is 1. The number of hydrogen-bond acceptors (Lipinski definition) is 4. The first kappa shape index (κ1) is 12.5. The molecule has 2 aromatic rings. The van der Waals surface area contributed by atoms with Gasteiger partial charge in [0.1, 0.15) is 5.75 Å². The summed E-state index contributed by atoms with van der Waals surface area (Å²) in [6.45, 7) is 2.21. The van der Waals surface area contributed by atoms with Gasteiger partial charge in [0.05, 0.1) is 0 Å². The van der Waals surface area contributed by atoms with Gasteiger partial charge in [-0.15, -0.1) is 0 Å². The Morgan fingerprint density at radius 1 is 1.10 bits per heavy atom. The summed E-state index contributed by atoms with van der Waals surface area (Å²) in [5.74, 6) is 1.86. The molecule has 4 heteroatoms. The SMILES string of the molecule is Cc1ccc(OCC(=O)c2ccc3c(c2)OCO3)cc1. The molecular formula is C16H14O4. The Bertz CT molecular complexity index is 631. The van der Waals surface area contributed by atoms with Crippen LogP contribution in [0.25, 0.3) is 0 Å². The molecule has 0 N–H and O–H groups in total. The number of fused-ring (bicyclic) bond motifs is 1. The third-order valence-electron chi connectivity index (χ3n) is 3.09. The fourth-order valence-electron chi connectivity index (χ4n) is 1.94. The van der Waals surface area contributed by atoms with E-state index < -0.39 is 0 Å². The van der Waals surface area contributed by atoms with Gasteiger partial charge in [0, 0.05) is 5.56 Å². The van der Waals surface area contributed by atoms with Crippen molar-refractivity contribution < 1.29 is 19.0 Å². The number of Topliss-reactive ketones (excluding diaryl/α,β-unsaturated/α-hetero) is 1. The Balaban J connectivity index is 1.66. The highest BCUT2D eigenvalue weighted by Gasteiger charge is 2.16. The molecule has 0 aliphatic carbocycles. The van der Waals surface area contributed by atoms with Crippen LogP contribution in [-0.2, 0) is 0 Å². The number of ether oxygens (including phenoxy) is 3. The smallest absolute Gasteiger partial charge is 0.231 e. The van der Waals surface area contributed by atoms with Crippen LogP contribution in [0.1, 0.15) is 15.9 Å². The van der Waals surface area contributed by atoms with E-state index in [1.807, 2.05) is 31.2 Å². The molecule has 1 aliphatic heterocycles. The average molecular weight is 270 g/mol. The van der Waals surface area contributed by atoms with Crippen LogP contribution in [0, 0.1) is 6.92 Å². The van der Waals surface area contributed by atoms with E-state index in [1.165, 1.54) is 0 Å². The van der Waals surface area contributed by atoms with Crippen molar-refractivity contribution in [3.63, 3.8) is 0 Å². The zero-order chi connectivity index (χ0) is 13.9. The molecule has 0 radical (unpaired) electrons. The fourth-order valence-corrected chi connectivity index (χ4v) is 1.94. The average Bonchev–Trinajstić information content (AvgIpc) is 2.93. The fraction of sp³-hybridized carbons (Fsp3) is 0.188. The number of carbonyl (C=O) groups excluding carboxylic acids is 1. The summed E-state index contributed by atoms with van der Waals surface area (Å²) < 4.78 is 15.9. The minimum atomic E-state index is -0.0936. The van der Waals surface area contributed by atoms with Gasteiger partial charge in [-0.05, 0) is 37.3 Å². The Hall–Kier alpha value is -2.49. The maximum atomic E-state index is 12.1. The van der Waals surface area contributed by atoms with Gasteiger partial charge in [-0.2, -0.15) is 0 Å². The Kier molecular flexibility index (Phi) is 3.29. The highest BCUT2D eigenvalue weighted by Crippen LogP contribution is 2.32. The van der Waals surface area contributed by atoms with E-state index in [0.29, 0.717) is 22.8 Å². The van der Waals surface area contributed by atoms with Gasteiger partial charge in [-0.3, -0.25) is 4.79 Å². The van der Waals surface area contributed by atoms with Crippen molar-refractivity contribution >= 4 is 5.78 Å². The summed E-state index contributed by atoms with van der Waals surface area (Å²) >= 11 is 0. The Morgan fingerprint density at radius 3 is 2.65 bits per heavy atom. The molecule has 0 amide bonds. The quantitative estimate of drug-likeness (QED) is 0.801. The van der Waals surface area contributed by atoms with Crippen LogP contribution in [0.15, 0.2) is 42.5 Å². The molecule has 0 unspecified atom stereocenters. The summed E-state index contributed by atoms with van der Waals surface area (Å²) in [7, 11) is 0. The topological polar surface area (TPSA) is 44.8 Å². The van der Waals surface area contributed by atoms with Crippen molar-refractivity contribution in [2.45, 2.75) is 6.92 Å². The van der Waals surface area contributed by atoms with Crippen LogP contribution in [0.4, 0.5) is 0 Å². The molecule has 1 aliphatic rings. The van der Waals surface area contributed by atoms with E-state index in [9.17, 15) is 4.79 Å². The van der Waals surface area contributed by atoms with Crippen molar-refractivity contribution in [2.24, 2.45) is 0 Å². The molecule has 20 heavy (non-hydrogen) atoms. The van der Waals surface area contributed by atoms with Crippen LogP contribution in [-0.4, -0.2) is 19.2 Å². The summed E-state index contributed by atoms with van der Waals surface area (Å²) in [5.41, 5.74) is 1.71. The van der Waals surface area contributed by atoms with Gasteiger partial charge in [-0.1, -0.05) is 17.7 Å². The molecule has 0 spiro atoms. The van der Waals surface area contributed by atoms with Crippen LogP contribution in [0.5, 0.6) is 17.2 Å². The molecule has 2 aromatic carbocycles. The largest absolute Gasteiger partial charge is 0.485 e. The predicted octanol–water partition coefficient (Wildman–Crippen LogP) is 2.99. The van der Waals surface area contributed by atoms with E-state index in [4.69, 9.17) is 14.2 Å². The first-order valence-corrected chi connectivity index (χ1v) is 6.35. The molecule has 3 rings (SSSR count). The first-order chi connectivity index (χ1) is 9.72. The lowest BCUT2D eigenvalue weighted by molar-refractivity contribution is 0.0921. The van der Waals surface area contributed by atoms with E-state index in [-0.39, 0.29) is 19.2 Å². The zero-order valence-corrected chi connectivity index (χ0v) is 11.1. The zero-order valence-electron chi connectivity index (χ0n) is 11.1. The molecule has 0 fully saturated rings. The number of hydrogen-bond donors (Lipinski definition) is 0. The number of benzene rings is 2. The highest BCUT2D eigenvalue weighted by molar-refractivity contribution is 5.97. The van der Waals surface area contributed by atoms with E-state index >= 15 is 0 Å². The number of carbonyl (C=O) groups is 1. The lowest BCUT2D eigenvalue weighted by Crippen LogP contribution is -2.11. The monoisotopic (exact) mass is 270 g/mol. The van der Waals surface area contributed by atoms with Crippen molar-refractivity contribution in [1.29, 1.82) is 0 Å². The van der Waals surface area contributed by atoms with Gasteiger partial charge >= 0.3 is 0 Å². The minimum Gasteiger partial charge on any atom is -0.485 e. The first-order valence-electron chi connectivity index (χ1n) is 6.35. The van der Waals surface area contributed by atoms with E-state index in [2.05, 4.69) is 0 Å². The second-order valence-corrected chi connectivity index (χ2v) is 4.59. The molecule has 0 saturated carbocycles. The molecule has 0 aromatic heterocycles. The lowest BCUT2D eigenvalue weighted by atomic mass is 10.1. The van der Waals surface area contributed by atoms with Gasteiger partial charge in [-0.25, -0.2) is 0 Å². The van der Waals surface area contributed by atoms with Crippen molar-refractivity contribution in [3.05, 3.63) is 53.6 Å². The van der Waals surface area contributed by atoms with Crippen LogP contribution in [0.2, 0.25) is 0 Å². The Labute approximate surface area is 116 Å². The highest BCUT2D eigenvalue weighted by atomic mass is 16.7. The van der Waals surface area contributed by atoms with Crippen molar-refractivity contribution in [2.75, 3.05) is 13.4 Å². The summed E-state index contributed by atoms with van der Waals surface area (Å²) in [6, 6.07) is 12.7. The molecule has 4 nitrogen and oxygen atoms in total. The maximum Gasteiger partial charge on any atom is 0.231 e. The Morgan fingerprint density at radius 2 is 1.85 bits per heavy atom. The predicted molar refractivity (Wildman–Crippen MR) is 73.6 cm³/mol. The standard InChI is InChI=1S/C16H14O4/c1-11-2-5-13(6-3-11)18-9-14(17)12-4-7-15-16(8-12)20-10-19-15/h2-8H,9-10H2,1H3. The normalized spacial score (nSPS) is 12.2. The van der Waals surface area contributed by atoms with Crippen LogP contribution in [0.3, 0.4) is 0 Å².